The summed E-state index contributed by atoms with van der Waals surface area (Å²) in [5, 5.41) is 8.09. The van der Waals surface area contributed by atoms with Crippen molar-refractivity contribution in [3.63, 3.8) is 0 Å². The molecule has 0 fully saturated rings. The van der Waals surface area contributed by atoms with E-state index in [-0.39, 0.29) is 0 Å². The number of nitrogens with zero attached hydrogens (tertiary/aromatic N) is 3. The highest BCUT2D eigenvalue weighted by molar-refractivity contribution is 5.14. The number of aryl methyl sites for hydroxylation is 2. The zero-order valence-corrected chi connectivity index (χ0v) is 10.1. The Morgan fingerprint density at radius 2 is 1.94 bits per heavy atom. The van der Waals surface area contributed by atoms with Crippen LogP contribution in [-0.2, 0) is 19.5 Å². The molecule has 0 aliphatic heterocycles. The molecule has 0 amide bonds. The predicted molar refractivity (Wildman–Crippen MR) is 67.4 cm³/mol. The van der Waals surface area contributed by atoms with Crippen molar-refractivity contribution in [3.8, 4) is 0 Å². The molecule has 1 aromatic carbocycles. The monoisotopic (exact) mass is 230 g/mol. The van der Waals surface area contributed by atoms with E-state index in [4.69, 9.17) is 5.73 Å². The van der Waals surface area contributed by atoms with Crippen molar-refractivity contribution >= 4 is 0 Å². The van der Waals surface area contributed by atoms with Crippen molar-refractivity contribution < 1.29 is 0 Å². The lowest BCUT2D eigenvalue weighted by molar-refractivity contribution is 0.598. The van der Waals surface area contributed by atoms with Crippen LogP contribution in [0.25, 0.3) is 0 Å². The second-order valence-electron chi connectivity index (χ2n) is 4.11. The quantitative estimate of drug-likeness (QED) is 0.850. The zero-order chi connectivity index (χ0) is 12.1. The summed E-state index contributed by atoms with van der Waals surface area (Å²) in [4.78, 5) is 0. The standard InChI is InChI=1S/C13H18N4/c1-11-15-16-13(10-14)17(11)9-5-8-12-6-3-2-4-7-12/h2-4,6-7H,5,8-10,14H2,1H3. The Labute approximate surface area is 101 Å². The third kappa shape index (κ3) is 2.91. The molecule has 90 valence electrons. The van der Waals surface area contributed by atoms with Crippen LogP contribution < -0.4 is 5.73 Å². The molecule has 0 bridgehead atoms. The summed E-state index contributed by atoms with van der Waals surface area (Å²) in [6, 6.07) is 10.5. The van der Waals surface area contributed by atoms with Gasteiger partial charge in [-0.25, -0.2) is 0 Å². The Balaban J connectivity index is 1.92. The molecule has 4 nitrogen and oxygen atoms in total. The van der Waals surface area contributed by atoms with E-state index in [1.807, 2.05) is 13.0 Å². The van der Waals surface area contributed by atoms with E-state index in [0.29, 0.717) is 6.54 Å². The van der Waals surface area contributed by atoms with Crippen LogP contribution in [0.1, 0.15) is 23.6 Å². The van der Waals surface area contributed by atoms with Crippen molar-refractivity contribution in [2.24, 2.45) is 5.73 Å². The normalized spacial score (nSPS) is 10.7. The number of aromatic nitrogens is 3. The summed E-state index contributed by atoms with van der Waals surface area (Å²) in [7, 11) is 0. The number of benzene rings is 1. The maximum atomic E-state index is 5.62. The van der Waals surface area contributed by atoms with Gasteiger partial charge in [-0.15, -0.1) is 10.2 Å². The van der Waals surface area contributed by atoms with Crippen molar-refractivity contribution in [3.05, 3.63) is 47.5 Å². The number of nitrogens with two attached hydrogens (primary N) is 1. The molecule has 2 N–H and O–H groups in total. The van der Waals surface area contributed by atoms with Crippen LogP contribution >= 0.6 is 0 Å². The molecule has 17 heavy (non-hydrogen) atoms. The van der Waals surface area contributed by atoms with Gasteiger partial charge in [-0.05, 0) is 25.3 Å². The van der Waals surface area contributed by atoms with Crippen LogP contribution in [0.5, 0.6) is 0 Å². The van der Waals surface area contributed by atoms with Gasteiger partial charge in [0.25, 0.3) is 0 Å². The van der Waals surface area contributed by atoms with Crippen molar-refractivity contribution in [1.29, 1.82) is 0 Å². The summed E-state index contributed by atoms with van der Waals surface area (Å²) in [6.45, 7) is 3.35. The molecule has 0 saturated heterocycles. The minimum atomic E-state index is 0.451. The molecule has 2 aromatic rings. The van der Waals surface area contributed by atoms with E-state index in [0.717, 1.165) is 31.0 Å². The first-order valence-corrected chi connectivity index (χ1v) is 5.94. The van der Waals surface area contributed by atoms with E-state index >= 15 is 0 Å². The summed E-state index contributed by atoms with van der Waals surface area (Å²) in [5.74, 6) is 1.81. The van der Waals surface area contributed by atoms with Crippen LogP contribution in [-0.4, -0.2) is 14.8 Å². The number of rotatable bonds is 5. The molecule has 0 atom stereocenters. The fraction of sp³-hybridized carbons (Fsp3) is 0.385. The van der Waals surface area contributed by atoms with Crippen molar-refractivity contribution in [2.75, 3.05) is 0 Å². The molecular formula is C13H18N4. The molecule has 0 unspecified atom stereocenters. The fourth-order valence-electron chi connectivity index (χ4n) is 1.95. The first-order chi connectivity index (χ1) is 8.31. The molecule has 0 saturated carbocycles. The van der Waals surface area contributed by atoms with Gasteiger partial charge in [0.1, 0.15) is 11.6 Å². The van der Waals surface area contributed by atoms with Gasteiger partial charge < -0.3 is 10.3 Å². The van der Waals surface area contributed by atoms with Crippen LogP contribution in [0.15, 0.2) is 30.3 Å². The minimum Gasteiger partial charge on any atom is -0.324 e. The first kappa shape index (κ1) is 11.8. The van der Waals surface area contributed by atoms with Crippen LogP contribution in [0.2, 0.25) is 0 Å². The summed E-state index contributed by atoms with van der Waals surface area (Å²) < 4.78 is 2.10. The Kier molecular flexibility index (Phi) is 3.88. The van der Waals surface area contributed by atoms with E-state index in [2.05, 4.69) is 39.0 Å². The highest BCUT2D eigenvalue weighted by Crippen LogP contribution is 2.06. The van der Waals surface area contributed by atoms with E-state index in [9.17, 15) is 0 Å². The van der Waals surface area contributed by atoms with E-state index in [1.54, 1.807) is 0 Å². The lowest BCUT2D eigenvalue weighted by Gasteiger charge is -2.07. The lowest BCUT2D eigenvalue weighted by Crippen LogP contribution is -2.10. The molecule has 0 aliphatic carbocycles. The predicted octanol–water partition coefficient (Wildman–Crippen LogP) is 1.68. The minimum absolute atomic E-state index is 0.451. The lowest BCUT2D eigenvalue weighted by atomic mass is 10.1. The van der Waals surface area contributed by atoms with Crippen LogP contribution in [0.4, 0.5) is 0 Å². The Morgan fingerprint density at radius 1 is 1.18 bits per heavy atom. The molecule has 1 aromatic heterocycles. The highest BCUT2D eigenvalue weighted by Gasteiger charge is 2.06. The van der Waals surface area contributed by atoms with E-state index < -0.39 is 0 Å². The van der Waals surface area contributed by atoms with Crippen molar-refractivity contribution in [1.82, 2.24) is 14.8 Å². The third-order valence-electron chi connectivity index (χ3n) is 2.88. The highest BCUT2D eigenvalue weighted by atomic mass is 15.3. The van der Waals surface area contributed by atoms with E-state index in [1.165, 1.54) is 5.56 Å². The second-order valence-corrected chi connectivity index (χ2v) is 4.11. The average Bonchev–Trinajstić information content (AvgIpc) is 2.72. The Morgan fingerprint density at radius 3 is 2.65 bits per heavy atom. The molecule has 4 heteroatoms. The average molecular weight is 230 g/mol. The second kappa shape index (κ2) is 5.59. The van der Waals surface area contributed by atoms with Crippen LogP contribution in [0.3, 0.4) is 0 Å². The number of hydrogen-bond acceptors (Lipinski definition) is 3. The molecular weight excluding hydrogens is 212 g/mol. The Bertz CT molecular complexity index is 462. The van der Waals surface area contributed by atoms with Gasteiger partial charge in [-0.3, -0.25) is 0 Å². The number of hydrogen-bond donors (Lipinski definition) is 1. The summed E-state index contributed by atoms with van der Waals surface area (Å²) >= 11 is 0. The SMILES string of the molecule is Cc1nnc(CN)n1CCCc1ccccc1. The van der Waals surface area contributed by atoms with Gasteiger partial charge in [0.2, 0.25) is 0 Å². The van der Waals surface area contributed by atoms with Gasteiger partial charge >= 0.3 is 0 Å². The molecule has 0 spiro atoms. The van der Waals surface area contributed by atoms with Crippen molar-refractivity contribution in [2.45, 2.75) is 32.9 Å². The molecule has 1 heterocycles. The largest absolute Gasteiger partial charge is 0.324 e. The van der Waals surface area contributed by atoms with Gasteiger partial charge in [0, 0.05) is 6.54 Å². The maximum Gasteiger partial charge on any atom is 0.146 e. The zero-order valence-electron chi connectivity index (χ0n) is 10.1. The van der Waals surface area contributed by atoms with Crippen LogP contribution in [0, 0.1) is 6.92 Å². The molecule has 2 rings (SSSR count). The van der Waals surface area contributed by atoms with Gasteiger partial charge in [0.15, 0.2) is 0 Å². The van der Waals surface area contributed by atoms with Gasteiger partial charge in [-0.2, -0.15) is 0 Å². The summed E-state index contributed by atoms with van der Waals surface area (Å²) in [5.41, 5.74) is 6.99. The smallest absolute Gasteiger partial charge is 0.146 e. The maximum absolute atomic E-state index is 5.62. The Hall–Kier alpha value is -1.68. The molecule has 0 radical (unpaired) electrons. The third-order valence-corrected chi connectivity index (χ3v) is 2.88. The van der Waals surface area contributed by atoms with Gasteiger partial charge in [0.05, 0.1) is 6.54 Å². The fourth-order valence-corrected chi connectivity index (χ4v) is 1.95. The van der Waals surface area contributed by atoms with Gasteiger partial charge in [-0.1, -0.05) is 30.3 Å². The molecule has 0 aliphatic rings. The summed E-state index contributed by atoms with van der Waals surface area (Å²) in [6.07, 6.45) is 2.15. The first-order valence-electron chi connectivity index (χ1n) is 5.94. The topological polar surface area (TPSA) is 56.7 Å².